The quantitative estimate of drug-likeness (QED) is 0.709. The molecule has 0 saturated heterocycles. The standard InChI is InChI=1S/C9H15NO.C3H5NO/c1-2-9(11)10-8-6-4-3-5-7-8;1-2-3(4)5/h2,8H,1,3-7H2,(H,10,11);2H,1H2,(H2,4,5). The highest BCUT2D eigenvalue weighted by Crippen LogP contribution is 2.17. The van der Waals surface area contributed by atoms with E-state index in [1.54, 1.807) is 0 Å². The minimum Gasteiger partial charge on any atom is -0.366 e. The van der Waals surface area contributed by atoms with Gasteiger partial charge in [-0.15, -0.1) is 0 Å². The second-order valence-corrected chi connectivity index (χ2v) is 3.65. The average molecular weight is 224 g/mol. The second kappa shape index (κ2) is 8.71. The molecule has 0 aromatic heterocycles. The fourth-order valence-electron chi connectivity index (χ4n) is 1.51. The Morgan fingerprint density at radius 1 is 1.12 bits per heavy atom. The summed E-state index contributed by atoms with van der Waals surface area (Å²) in [5, 5.41) is 2.91. The molecule has 0 aromatic carbocycles. The van der Waals surface area contributed by atoms with Gasteiger partial charge in [-0.2, -0.15) is 0 Å². The van der Waals surface area contributed by atoms with Crippen LogP contribution in [0.3, 0.4) is 0 Å². The third-order valence-electron chi connectivity index (χ3n) is 2.34. The summed E-state index contributed by atoms with van der Waals surface area (Å²) in [4.78, 5) is 20.3. The zero-order chi connectivity index (χ0) is 12.4. The van der Waals surface area contributed by atoms with Crippen LogP contribution in [0.2, 0.25) is 0 Å². The Morgan fingerprint density at radius 3 is 2.00 bits per heavy atom. The number of carbonyl (C=O) groups excluding carboxylic acids is 2. The molecule has 2 amide bonds. The lowest BCUT2D eigenvalue weighted by atomic mass is 9.95. The van der Waals surface area contributed by atoms with Crippen molar-refractivity contribution in [1.82, 2.24) is 5.32 Å². The van der Waals surface area contributed by atoms with Crippen LogP contribution in [-0.2, 0) is 9.59 Å². The number of carbonyl (C=O) groups is 2. The molecule has 1 rings (SSSR count). The lowest BCUT2D eigenvalue weighted by molar-refractivity contribution is -0.117. The zero-order valence-electron chi connectivity index (χ0n) is 9.58. The van der Waals surface area contributed by atoms with Crippen molar-refractivity contribution in [2.45, 2.75) is 38.1 Å². The van der Waals surface area contributed by atoms with Crippen molar-refractivity contribution in [3.8, 4) is 0 Å². The molecular formula is C12H20N2O2. The minimum absolute atomic E-state index is 0.0306. The van der Waals surface area contributed by atoms with Crippen LogP contribution in [0, 0.1) is 0 Å². The van der Waals surface area contributed by atoms with Crippen LogP contribution in [0.5, 0.6) is 0 Å². The monoisotopic (exact) mass is 224 g/mol. The lowest BCUT2D eigenvalue weighted by Gasteiger charge is -2.21. The Balaban J connectivity index is 0.000000385. The van der Waals surface area contributed by atoms with Gasteiger partial charge in [-0.1, -0.05) is 32.4 Å². The molecule has 0 unspecified atom stereocenters. The summed E-state index contributed by atoms with van der Waals surface area (Å²) in [5.74, 6) is -0.512. The smallest absolute Gasteiger partial charge is 0.243 e. The van der Waals surface area contributed by atoms with Gasteiger partial charge >= 0.3 is 0 Å². The van der Waals surface area contributed by atoms with E-state index in [0.29, 0.717) is 6.04 Å². The van der Waals surface area contributed by atoms with Crippen LogP contribution >= 0.6 is 0 Å². The Labute approximate surface area is 96.6 Å². The van der Waals surface area contributed by atoms with E-state index in [9.17, 15) is 9.59 Å². The highest BCUT2D eigenvalue weighted by molar-refractivity contribution is 5.87. The van der Waals surface area contributed by atoms with Gasteiger partial charge < -0.3 is 11.1 Å². The predicted molar refractivity (Wildman–Crippen MR) is 64.6 cm³/mol. The number of rotatable bonds is 3. The van der Waals surface area contributed by atoms with E-state index < -0.39 is 5.91 Å². The minimum atomic E-state index is -0.481. The average Bonchev–Trinajstić information content (AvgIpc) is 2.31. The first-order valence-electron chi connectivity index (χ1n) is 5.45. The van der Waals surface area contributed by atoms with Crippen LogP contribution in [0.4, 0.5) is 0 Å². The summed E-state index contributed by atoms with van der Waals surface area (Å²) in [6.07, 6.45) is 8.50. The first-order valence-corrected chi connectivity index (χ1v) is 5.45. The van der Waals surface area contributed by atoms with Crippen LogP contribution in [-0.4, -0.2) is 17.9 Å². The SMILES string of the molecule is C=CC(=O)NC1CCCCC1.C=CC(N)=O. The maximum Gasteiger partial charge on any atom is 0.243 e. The molecule has 0 spiro atoms. The van der Waals surface area contributed by atoms with E-state index in [2.05, 4.69) is 24.2 Å². The van der Waals surface area contributed by atoms with E-state index in [4.69, 9.17) is 0 Å². The van der Waals surface area contributed by atoms with Crippen LogP contribution in [0.1, 0.15) is 32.1 Å². The normalized spacial score (nSPS) is 15.2. The zero-order valence-corrected chi connectivity index (χ0v) is 9.58. The summed E-state index contributed by atoms with van der Waals surface area (Å²) >= 11 is 0. The van der Waals surface area contributed by atoms with Crippen molar-refractivity contribution >= 4 is 11.8 Å². The van der Waals surface area contributed by atoms with Gasteiger partial charge in [-0.25, -0.2) is 0 Å². The van der Waals surface area contributed by atoms with Crippen molar-refractivity contribution in [2.24, 2.45) is 5.73 Å². The van der Waals surface area contributed by atoms with Gasteiger partial charge in [0, 0.05) is 6.04 Å². The number of nitrogens with two attached hydrogens (primary N) is 1. The van der Waals surface area contributed by atoms with Gasteiger partial charge in [-0.3, -0.25) is 9.59 Å². The predicted octanol–water partition coefficient (Wildman–Crippen LogP) is 1.28. The highest BCUT2D eigenvalue weighted by atomic mass is 16.1. The van der Waals surface area contributed by atoms with Crippen molar-refractivity contribution < 1.29 is 9.59 Å². The Kier molecular flexibility index (Phi) is 7.85. The van der Waals surface area contributed by atoms with E-state index >= 15 is 0 Å². The van der Waals surface area contributed by atoms with Gasteiger partial charge in [0.05, 0.1) is 0 Å². The summed E-state index contributed by atoms with van der Waals surface area (Å²) in [5.41, 5.74) is 4.53. The molecular weight excluding hydrogens is 204 g/mol. The Bertz CT molecular complexity index is 256. The maximum absolute atomic E-state index is 10.9. The third-order valence-corrected chi connectivity index (χ3v) is 2.34. The molecule has 1 fully saturated rings. The largest absolute Gasteiger partial charge is 0.366 e. The van der Waals surface area contributed by atoms with Gasteiger partial charge in [0.1, 0.15) is 0 Å². The second-order valence-electron chi connectivity index (χ2n) is 3.65. The fourth-order valence-corrected chi connectivity index (χ4v) is 1.51. The van der Waals surface area contributed by atoms with E-state index in [-0.39, 0.29) is 5.91 Å². The first-order chi connectivity index (χ1) is 7.60. The number of hydrogen-bond acceptors (Lipinski definition) is 2. The van der Waals surface area contributed by atoms with Crippen molar-refractivity contribution in [3.05, 3.63) is 25.3 Å². The number of amides is 2. The molecule has 0 aliphatic heterocycles. The number of hydrogen-bond donors (Lipinski definition) is 2. The third kappa shape index (κ3) is 7.79. The molecule has 16 heavy (non-hydrogen) atoms. The molecule has 0 radical (unpaired) electrons. The van der Waals surface area contributed by atoms with E-state index in [1.165, 1.54) is 25.3 Å². The van der Waals surface area contributed by atoms with Gasteiger partial charge in [0.2, 0.25) is 11.8 Å². The first kappa shape index (κ1) is 14.4. The molecule has 1 saturated carbocycles. The van der Waals surface area contributed by atoms with Crippen molar-refractivity contribution in [1.29, 1.82) is 0 Å². The Hall–Kier alpha value is -1.58. The molecule has 0 bridgehead atoms. The van der Waals surface area contributed by atoms with Crippen molar-refractivity contribution in [3.63, 3.8) is 0 Å². The summed E-state index contributed by atoms with van der Waals surface area (Å²) in [7, 11) is 0. The molecule has 0 heterocycles. The van der Waals surface area contributed by atoms with Gasteiger partial charge in [0.25, 0.3) is 0 Å². The summed E-state index contributed by atoms with van der Waals surface area (Å²) in [6.45, 7) is 6.50. The highest BCUT2D eigenvalue weighted by Gasteiger charge is 2.13. The van der Waals surface area contributed by atoms with Gasteiger partial charge in [0.15, 0.2) is 0 Å². The summed E-state index contributed by atoms with van der Waals surface area (Å²) < 4.78 is 0. The van der Waals surface area contributed by atoms with Gasteiger partial charge in [-0.05, 0) is 25.0 Å². The molecule has 1 aliphatic carbocycles. The Morgan fingerprint density at radius 2 is 1.62 bits per heavy atom. The molecule has 0 atom stereocenters. The van der Waals surface area contributed by atoms with Crippen LogP contribution in [0.25, 0.3) is 0 Å². The number of nitrogens with one attached hydrogen (secondary N) is 1. The lowest BCUT2D eigenvalue weighted by Crippen LogP contribution is -2.34. The fraction of sp³-hybridized carbons (Fsp3) is 0.500. The molecule has 0 aromatic rings. The van der Waals surface area contributed by atoms with E-state index in [0.717, 1.165) is 18.9 Å². The topological polar surface area (TPSA) is 72.2 Å². The molecule has 90 valence electrons. The van der Waals surface area contributed by atoms with E-state index in [1.807, 2.05) is 0 Å². The molecule has 4 heteroatoms. The van der Waals surface area contributed by atoms with Crippen LogP contribution in [0.15, 0.2) is 25.3 Å². The van der Waals surface area contributed by atoms with Crippen LogP contribution < -0.4 is 11.1 Å². The summed E-state index contributed by atoms with van der Waals surface area (Å²) in [6, 6.07) is 0.411. The maximum atomic E-state index is 10.9. The van der Waals surface area contributed by atoms with Crippen molar-refractivity contribution in [2.75, 3.05) is 0 Å². The number of primary amides is 1. The molecule has 3 N–H and O–H groups in total. The molecule has 4 nitrogen and oxygen atoms in total. The molecule has 1 aliphatic rings.